The van der Waals surface area contributed by atoms with Crippen molar-refractivity contribution in [2.75, 3.05) is 13.2 Å². The van der Waals surface area contributed by atoms with Crippen LogP contribution in [0, 0.1) is 11.7 Å². The predicted octanol–water partition coefficient (Wildman–Crippen LogP) is 3.17. The highest BCUT2D eigenvalue weighted by Crippen LogP contribution is 2.33. The Kier molecular flexibility index (Phi) is 4.98. The van der Waals surface area contributed by atoms with E-state index in [-0.39, 0.29) is 11.1 Å². The first kappa shape index (κ1) is 14.2. The Bertz CT molecular complexity index is 427. The standard InChI is InChI=1S/C12H15BrClFN2O/c13-9-2-1-8(12(15)11(9)14)10(17-16)5-7-3-4-18-6-7/h1-2,7,10,17H,3-6,16H2. The summed E-state index contributed by atoms with van der Waals surface area (Å²) < 4.78 is 19.9. The second kappa shape index (κ2) is 6.30. The predicted molar refractivity (Wildman–Crippen MR) is 72.7 cm³/mol. The van der Waals surface area contributed by atoms with Gasteiger partial charge in [-0.3, -0.25) is 11.3 Å². The van der Waals surface area contributed by atoms with E-state index in [0.717, 1.165) is 19.4 Å². The van der Waals surface area contributed by atoms with Gasteiger partial charge in [-0.15, -0.1) is 0 Å². The fourth-order valence-corrected chi connectivity index (χ4v) is 2.68. The lowest BCUT2D eigenvalue weighted by Gasteiger charge is -2.20. The summed E-state index contributed by atoms with van der Waals surface area (Å²) in [5.74, 6) is 5.51. The second-order valence-electron chi connectivity index (χ2n) is 4.45. The van der Waals surface area contributed by atoms with Crippen LogP contribution in [0.25, 0.3) is 0 Å². The van der Waals surface area contributed by atoms with E-state index in [2.05, 4.69) is 21.4 Å². The molecule has 1 aromatic carbocycles. The monoisotopic (exact) mass is 336 g/mol. The third kappa shape index (κ3) is 3.03. The van der Waals surface area contributed by atoms with Crippen molar-refractivity contribution in [2.24, 2.45) is 11.8 Å². The summed E-state index contributed by atoms with van der Waals surface area (Å²) in [4.78, 5) is 0. The molecule has 2 rings (SSSR count). The molecule has 0 radical (unpaired) electrons. The maximum absolute atomic E-state index is 14.1. The van der Waals surface area contributed by atoms with Gasteiger partial charge in [0.2, 0.25) is 0 Å². The van der Waals surface area contributed by atoms with Crippen molar-refractivity contribution in [3.8, 4) is 0 Å². The minimum absolute atomic E-state index is 0.0930. The molecule has 1 aliphatic rings. The third-order valence-electron chi connectivity index (χ3n) is 3.23. The molecule has 0 aromatic heterocycles. The second-order valence-corrected chi connectivity index (χ2v) is 5.68. The lowest BCUT2D eigenvalue weighted by Crippen LogP contribution is -2.30. The number of ether oxygens (including phenoxy) is 1. The molecule has 0 saturated carbocycles. The van der Waals surface area contributed by atoms with Gasteiger partial charge in [-0.2, -0.15) is 0 Å². The van der Waals surface area contributed by atoms with Crippen molar-refractivity contribution in [2.45, 2.75) is 18.9 Å². The minimum Gasteiger partial charge on any atom is -0.381 e. The summed E-state index contributed by atoms with van der Waals surface area (Å²) in [6.07, 6.45) is 1.73. The van der Waals surface area contributed by atoms with E-state index in [1.807, 2.05) is 0 Å². The third-order valence-corrected chi connectivity index (χ3v) is 4.49. The molecular formula is C12H15BrClFN2O. The maximum atomic E-state index is 14.1. The van der Waals surface area contributed by atoms with Crippen molar-refractivity contribution in [1.82, 2.24) is 5.43 Å². The molecule has 1 heterocycles. The summed E-state index contributed by atoms with van der Waals surface area (Å²) in [5, 5.41) is 0.0930. The van der Waals surface area contributed by atoms with Crippen molar-refractivity contribution in [3.63, 3.8) is 0 Å². The molecule has 3 N–H and O–H groups in total. The van der Waals surface area contributed by atoms with Gasteiger partial charge in [-0.1, -0.05) is 17.7 Å². The summed E-state index contributed by atoms with van der Waals surface area (Å²) in [6.45, 7) is 1.48. The molecule has 6 heteroatoms. The highest BCUT2D eigenvalue weighted by molar-refractivity contribution is 9.10. The van der Waals surface area contributed by atoms with Crippen molar-refractivity contribution >= 4 is 27.5 Å². The van der Waals surface area contributed by atoms with Crippen LogP contribution >= 0.6 is 27.5 Å². The summed E-state index contributed by atoms with van der Waals surface area (Å²) in [7, 11) is 0. The fraction of sp³-hybridized carbons (Fsp3) is 0.500. The van der Waals surface area contributed by atoms with Crippen LogP contribution in [0.3, 0.4) is 0 Å². The van der Waals surface area contributed by atoms with Crippen LogP contribution in [0.2, 0.25) is 5.02 Å². The zero-order valence-corrected chi connectivity index (χ0v) is 12.1. The van der Waals surface area contributed by atoms with Crippen molar-refractivity contribution < 1.29 is 9.13 Å². The Morgan fingerprint density at radius 3 is 3.00 bits per heavy atom. The highest BCUT2D eigenvalue weighted by Gasteiger charge is 2.24. The summed E-state index contributed by atoms with van der Waals surface area (Å²) in [6, 6.07) is 3.18. The van der Waals surface area contributed by atoms with Gasteiger partial charge in [-0.25, -0.2) is 4.39 Å². The number of benzene rings is 1. The van der Waals surface area contributed by atoms with Gasteiger partial charge in [0.1, 0.15) is 5.82 Å². The van der Waals surface area contributed by atoms with Gasteiger partial charge >= 0.3 is 0 Å². The van der Waals surface area contributed by atoms with Gasteiger partial charge in [0.25, 0.3) is 0 Å². The molecule has 1 fully saturated rings. The smallest absolute Gasteiger partial charge is 0.147 e. The van der Waals surface area contributed by atoms with Gasteiger partial charge < -0.3 is 4.74 Å². The molecule has 3 nitrogen and oxygen atoms in total. The molecule has 0 amide bonds. The topological polar surface area (TPSA) is 47.3 Å². The van der Waals surface area contributed by atoms with E-state index < -0.39 is 5.82 Å². The Labute approximate surface area is 119 Å². The highest BCUT2D eigenvalue weighted by atomic mass is 79.9. The van der Waals surface area contributed by atoms with Crippen LogP contribution in [-0.4, -0.2) is 13.2 Å². The Balaban J connectivity index is 2.18. The zero-order valence-electron chi connectivity index (χ0n) is 9.76. The molecule has 1 aliphatic heterocycles. The molecular weight excluding hydrogens is 322 g/mol. The normalized spacial score (nSPS) is 21.2. The number of nitrogens with two attached hydrogens (primary N) is 1. The van der Waals surface area contributed by atoms with E-state index >= 15 is 0 Å². The Morgan fingerprint density at radius 1 is 1.61 bits per heavy atom. The van der Waals surface area contributed by atoms with E-state index in [9.17, 15) is 4.39 Å². The lowest BCUT2D eigenvalue weighted by molar-refractivity contribution is 0.181. The average molecular weight is 338 g/mol. The quantitative estimate of drug-likeness (QED) is 0.504. The van der Waals surface area contributed by atoms with Crippen LogP contribution in [0.4, 0.5) is 4.39 Å². The molecule has 2 unspecified atom stereocenters. The molecule has 0 spiro atoms. The summed E-state index contributed by atoms with van der Waals surface area (Å²) >= 11 is 9.08. The number of halogens is 3. The molecule has 2 atom stereocenters. The van der Waals surface area contributed by atoms with Crippen molar-refractivity contribution in [3.05, 3.63) is 33.0 Å². The lowest BCUT2D eigenvalue weighted by atomic mass is 9.94. The first-order chi connectivity index (χ1) is 8.63. The van der Waals surface area contributed by atoms with Crippen LogP contribution in [-0.2, 0) is 4.74 Å². The molecule has 1 aromatic rings. The number of hydrogen-bond acceptors (Lipinski definition) is 3. The van der Waals surface area contributed by atoms with Crippen LogP contribution in [0.15, 0.2) is 16.6 Å². The van der Waals surface area contributed by atoms with E-state index in [1.54, 1.807) is 12.1 Å². The SMILES string of the molecule is NNC(CC1CCOC1)c1ccc(Br)c(Cl)c1F. The average Bonchev–Trinajstić information content (AvgIpc) is 2.87. The fourth-order valence-electron chi connectivity index (χ4n) is 2.20. The van der Waals surface area contributed by atoms with E-state index in [0.29, 0.717) is 22.6 Å². The largest absolute Gasteiger partial charge is 0.381 e. The molecule has 100 valence electrons. The summed E-state index contributed by atoms with van der Waals surface area (Å²) in [5.41, 5.74) is 3.16. The van der Waals surface area contributed by atoms with Gasteiger partial charge in [-0.05, 0) is 40.8 Å². The molecule has 0 aliphatic carbocycles. The van der Waals surface area contributed by atoms with E-state index in [4.69, 9.17) is 22.2 Å². The van der Waals surface area contributed by atoms with Crippen LogP contribution in [0.5, 0.6) is 0 Å². The van der Waals surface area contributed by atoms with Gasteiger partial charge in [0, 0.05) is 29.3 Å². The van der Waals surface area contributed by atoms with Gasteiger partial charge in [0.05, 0.1) is 5.02 Å². The van der Waals surface area contributed by atoms with Gasteiger partial charge in [0.15, 0.2) is 0 Å². The minimum atomic E-state index is -0.423. The van der Waals surface area contributed by atoms with Crippen LogP contribution in [0.1, 0.15) is 24.4 Å². The van der Waals surface area contributed by atoms with Crippen LogP contribution < -0.4 is 11.3 Å². The molecule has 1 saturated heterocycles. The molecule has 0 bridgehead atoms. The number of hydrazine groups is 1. The van der Waals surface area contributed by atoms with E-state index in [1.165, 1.54) is 0 Å². The first-order valence-corrected chi connectivity index (χ1v) is 6.97. The number of hydrogen-bond donors (Lipinski definition) is 2. The Hall–Kier alpha value is -0.200. The zero-order chi connectivity index (χ0) is 13.1. The molecule has 18 heavy (non-hydrogen) atoms. The number of rotatable bonds is 4. The maximum Gasteiger partial charge on any atom is 0.147 e. The Morgan fingerprint density at radius 2 is 2.39 bits per heavy atom. The number of nitrogens with one attached hydrogen (secondary N) is 1. The first-order valence-electron chi connectivity index (χ1n) is 5.80. The van der Waals surface area contributed by atoms with Crippen molar-refractivity contribution in [1.29, 1.82) is 0 Å².